The summed E-state index contributed by atoms with van der Waals surface area (Å²) in [5, 5.41) is 0. The molecule has 144 valence electrons. The summed E-state index contributed by atoms with van der Waals surface area (Å²) >= 11 is 0. The van der Waals surface area contributed by atoms with Gasteiger partial charge in [0.05, 0.1) is 0 Å². The van der Waals surface area contributed by atoms with E-state index < -0.39 is 0 Å². The Morgan fingerprint density at radius 2 is 1.33 bits per heavy atom. The third-order valence-corrected chi connectivity index (χ3v) is 6.02. The van der Waals surface area contributed by atoms with E-state index in [1.165, 1.54) is 0 Å². The number of hydrogen-bond acceptors (Lipinski definition) is 6. The van der Waals surface area contributed by atoms with Crippen molar-refractivity contribution in [1.29, 1.82) is 0 Å². The number of hydrazine groups is 2. The molecule has 24 heavy (non-hydrogen) atoms. The van der Waals surface area contributed by atoms with Gasteiger partial charge in [-0.05, 0) is 61.5 Å². The standard InChI is InChI=1S/C18H42N6/c1-10-14(22(4)5)17-18(13-19-21-20-17,15(11-2)23(6)7)16(12-3)24(8)9/h14-17,19-21H,10-13H2,1-9H3. The Labute approximate surface area is 150 Å². The third kappa shape index (κ3) is 4.11. The van der Waals surface area contributed by atoms with Gasteiger partial charge in [0, 0.05) is 36.1 Å². The minimum atomic E-state index is 0.104. The van der Waals surface area contributed by atoms with Crippen molar-refractivity contribution in [1.82, 2.24) is 31.1 Å². The van der Waals surface area contributed by atoms with Crippen LogP contribution in [0.15, 0.2) is 0 Å². The fraction of sp³-hybridized carbons (Fsp3) is 1.00. The molecule has 1 heterocycles. The number of hydrogen-bond donors (Lipinski definition) is 3. The van der Waals surface area contributed by atoms with Crippen LogP contribution in [0.1, 0.15) is 40.0 Å². The fourth-order valence-electron chi connectivity index (χ4n) is 5.25. The molecule has 1 aliphatic rings. The van der Waals surface area contributed by atoms with E-state index >= 15 is 0 Å². The molecule has 1 aliphatic heterocycles. The van der Waals surface area contributed by atoms with Gasteiger partial charge in [-0.1, -0.05) is 20.8 Å². The molecular formula is C18H42N6. The van der Waals surface area contributed by atoms with Gasteiger partial charge in [0.25, 0.3) is 0 Å². The highest BCUT2D eigenvalue weighted by molar-refractivity contribution is 5.11. The third-order valence-electron chi connectivity index (χ3n) is 6.02. The highest BCUT2D eigenvalue weighted by Gasteiger charge is 2.55. The summed E-state index contributed by atoms with van der Waals surface area (Å²) in [7, 11) is 13.3. The number of nitrogens with one attached hydrogen (secondary N) is 3. The number of likely N-dealkylation sites (N-methyl/N-ethyl adjacent to an activating group) is 1. The molecule has 1 fully saturated rings. The van der Waals surface area contributed by atoms with Crippen LogP contribution < -0.4 is 16.4 Å². The van der Waals surface area contributed by atoms with Crippen LogP contribution >= 0.6 is 0 Å². The summed E-state index contributed by atoms with van der Waals surface area (Å²) in [5.74, 6) is 0. The molecule has 0 amide bonds. The quantitative estimate of drug-likeness (QED) is 0.581. The Hall–Kier alpha value is -0.240. The van der Waals surface area contributed by atoms with E-state index in [9.17, 15) is 0 Å². The Balaban J connectivity index is 3.49. The van der Waals surface area contributed by atoms with Crippen molar-refractivity contribution in [2.45, 2.75) is 64.2 Å². The molecule has 0 spiro atoms. The van der Waals surface area contributed by atoms with Gasteiger partial charge in [-0.15, -0.1) is 0 Å². The predicted octanol–water partition coefficient (Wildman–Crippen LogP) is 0.974. The van der Waals surface area contributed by atoms with E-state index in [4.69, 9.17) is 0 Å². The summed E-state index contributed by atoms with van der Waals surface area (Å²) in [6, 6.07) is 1.82. The predicted molar refractivity (Wildman–Crippen MR) is 104 cm³/mol. The molecule has 1 rings (SSSR count). The molecule has 0 radical (unpaired) electrons. The van der Waals surface area contributed by atoms with Crippen molar-refractivity contribution in [3.05, 3.63) is 0 Å². The SMILES string of the molecule is CCC(C1NNNCC1(C(CC)N(C)C)C(CC)N(C)C)N(C)C. The van der Waals surface area contributed by atoms with E-state index in [1.54, 1.807) is 0 Å². The van der Waals surface area contributed by atoms with E-state index in [-0.39, 0.29) is 5.41 Å². The Morgan fingerprint density at radius 3 is 1.67 bits per heavy atom. The van der Waals surface area contributed by atoms with Crippen molar-refractivity contribution >= 4 is 0 Å². The van der Waals surface area contributed by atoms with Crippen LogP contribution in [0.3, 0.4) is 0 Å². The van der Waals surface area contributed by atoms with Crippen LogP contribution in [0.5, 0.6) is 0 Å². The second-order valence-electron chi connectivity index (χ2n) is 7.93. The molecule has 0 aromatic carbocycles. The van der Waals surface area contributed by atoms with E-state index in [0.717, 1.165) is 25.8 Å². The molecule has 6 nitrogen and oxygen atoms in total. The van der Waals surface area contributed by atoms with Gasteiger partial charge in [-0.25, -0.2) is 10.9 Å². The molecule has 0 bridgehead atoms. The summed E-state index contributed by atoms with van der Waals surface area (Å²) in [6.45, 7) is 7.91. The minimum Gasteiger partial charge on any atom is -0.306 e. The monoisotopic (exact) mass is 342 g/mol. The van der Waals surface area contributed by atoms with Gasteiger partial charge >= 0.3 is 0 Å². The minimum absolute atomic E-state index is 0.104. The summed E-state index contributed by atoms with van der Waals surface area (Å²) in [4.78, 5) is 7.23. The first kappa shape index (κ1) is 21.8. The smallest absolute Gasteiger partial charge is 0.0480 e. The van der Waals surface area contributed by atoms with Crippen LogP contribution in [0.25, 0.3) is 0 Å². The average molecular weight is 343 g/mol. The molecule has 0 aromatic heterocycles. The zero-order chi connectivity index (χ0) is 18.5. The van der Waals surface area contributed by atoms with E-state index in [2.05, 4.69) is 94.1 Å². The van der Waals surface area contributed by atoms with Crippen LogP contribution in [-0.4, -0.2) is 87.7 Å². The lowest BCUT2D eigenvalue weighted by Gasteiger charge is -2.59. The lowest BCUT2D eigenvalue weighted by molar-refractivity contribution is -0.0705. The van der Waals surface area contributed by atoms with Gasteiger partial charge in [0.2, 0.25) is 0 Å². The largest absolute Gasteiger partial charge is 0.306 e. The van der Waals surface area contributed by atoms with Gasteiger partial charge in [-0.3, -0.25) is 0 Å². The first-order valence-electron chi connectivity index (χ1n) is 9.50. The molecule has 6 heteroatoms. The summed E-state index contributed by atoms with van der Waals surface area (Å²) in [5.41, 5.74) is 10.4. The average Bonchev–Trinajstić information content (AvgIpc) is 2.50. The molecule has 0 aliphatic carbocycles. The Bertz CT molecular complexity index is 341. The molecule has 4 unspecified atom stereocenters. The lowest BCUT2D eigenvalue weighted by Crippen LogP contribution is -2.78. The zero-order valence-corrected chi connectivity index (χ0v) is 17.5. The molecular weight excluding hydrogens is 300 g/mol. The van der Waals surface area contributed by atoms with Crippen LogP contribution in [0.2, 0.25) is 0 Å². The molecule has 3 N–H and O–H groups in total. The van der Waals surface area contributed by atoms with E-state index in [0.29, 0.717) is 24.2 Å². The second-order valence-corrected chi connectivity index (χ2v) is 7.93. The first-order chi connectivity index (χ1) is 11.3. The highest BCUT2D eigenvalue weighted by Crippen LogP contribution is 2.41. The zero-order valence-electron chi connectivity index (χ0n) is 17.5. The highest BCUT2D eigenvalue weighted by atomic mass is 15.6. The van der Waals surface area contributed by atoms with Crippen molar-refractivity contribution in [3.8, 4) is 0 Å². The maximum absolute atomic E-state index is 3.63. The van der Waals surface area contributed by atoms with Crippen LogP contribution in [-0.2, 0) is 0 Å². The first-order valence-corrected chi connectivity index (χ1v) is 9.50. The molecule has 0 saturated carbocycles. The van der Waals surface area contributed by atoms with Crippen molar-refractivity contribution < 1.29 is 0 Å². The van der Waals surface area contributed by atoms with Crippen molar-refractivity contribution in [2.24, 2.45) is 5.41 Å². The van der Waals surface area contributed by atoms with Gasteiger partial charge < -0.3 is 14.7 Å². The second kappa shape index (κ2) is 9.46. The molecule has 1 saturated heterocycles. The normalized spacial score (nSPS) is 29.2. The lowest BCUT2D eigenvalue weighted by atomic mass is 9.63. The topological polar surface area (TPSA) is 45.8 Å². The maximum atomic E-state index is 3.63. The Kier molecular flexibility index (Phi) is 8.59. The summed E-state index contributed by atoms with van der Waals surface area (Å²) < 4.78 is 0. The van der Waals surface area contributed by atoms with Gasteiger partial charge in [0.1, 0.15) is 0 Å². The summed E-state index contributed by atoms with van der Waals surface area (Å²) in [6.07, 6.45) is 3.41. The number of nitrogens with zero attached hydrogens (tertiary/aromatic N) is 3. The fourth-order valence-corrected chi connectivity index (χ4v) is 5.25. The molecule has 0 aromatic rings. The Morgan fingerprint density at radius 1 is 0.833 bits per heavy atom. The van der Waals surface area contributed by atoms with Crippen molar-refractivity contribution in [2.75, 3.05) is 48.8 Å². The number of rotatable bonds is 9. The van der Waals surface area contributed by atoms with Gasteiger partial charge in [-0.2, -0.15) is 5.53 Å². The maximum Gasteiger partial charge on any atom is 0.0480 e. The van der Waals surface area contributed by atoms with Crippen molar-refractivity contribution in [3.63, 3.8) is 0 Å². The van der Waals surface area contributed by atoms with Crippen LogP contribution in [0, 0.1) is 5.41 Å². The molecule has 4 atom stereocenters. The van der Waals surface area contributed by atoms with Gasteiger partial charge in [0.15, 0.2) is 0 Å². The van der Waals surface area contributed by atoms with E-state index in [1.807, 2.05) is 0 Å². The van der Waals surface area contributed by atoms with Crippen LogP contribution in [0.4, 0.5) is 0 Å².